The van der Waals surface area contributed by atoms with Gasteiger partial charge in [0.25, 0.3) is 0 Å². The standard InChI is InChI=1S/C10H14OS/c1-10(11,7-8-12)9-5-3-2-4-6-9/h2-6,11-12H,7-8H2,1H3. The first-order chi connectivity index (χ1) is 5.67. The van der Waals surface area contributed by atoms with Gasteiger partial charge >= 0.3 is 0 Å². The Labute approximate surface area is 78.8 Å². The smallest absolute Gasteiger partial charge is 0.0876 e. The molecule has 0 aliphatic rings. The number of thiol groups is 1. The van der Waals surface area contributed by atoms with Gasteiger partial charge in [-0.15, -0.1) is 0 Å². The van der Waals surface area contributed by atoms with Gasteiger partial charge in [0.05, 0.1) is 5.60 Å². The lowest BCUT2D eigenvalue weighted by Crippen LogP contribution is -2.21. The van der Waals surface area contributed by atoms with Crippen molar-refractivity contribution in [3.8, 4) is 0 Å². The van der Waals surface area contributed by atoms with E-state index in [0.717, 1.165) is 5.56 Å². The number of benzene rings is 1. The van der Waals surface area contributed by atoms with Crippen molar-refractivity contribution in [1.82, 2.24) is 0 Å². The molecule has 1 aromatic rings. The summed E-state index contributed by atoms with van der Waals surface area (Å²) in [4.78, 5) is 0. The van der Waals surface area contributed by atoms with Crippen LogP contribution in [0.25, 0.3) is 0 Å². The highest BCUT2D eigenvalue weighted by atomic mass is 32.1. The first-order valence-electron chi connectivity index (χ1n) is 4.05. The fraction of sp³-hybridized carbons (Fsp3) is 0.400. The van der Waals surface area contributed by atoms with Crippen LogP contribution in [0.1, 0.15) is 18.9 Å². The summed E-state index contributed by atoms with van der Waals surface area (Å²) in [5, 5.41) is 9.94. The maximum Gasteiger partial charge on any atom is 0.0876 e. The molecule has 0 spiro atoms. The second-order valence-corrected chi connectivity index (χ2v) is 3.56. The van der Waals surface area contributed by atoms with Crippen LogP contribution in [0.15, 0.2) is 30.3 Å². The predicted octanol–water partition coefficient (Wildman–Crippen LogP) is 2.21. The fourth-order valence-electron chi connectivity index (χ4n) is 1.16. The van der Waals surface area contributed by atoms with Crippen LogP contribution >= 0.6 is 12.6 Å². The second-order valence-electron chi connectivity index (χ2n) is 3.11. The van der Waals surface area contributed by atoms with E-state index in [-0.39, 0.29) is 0 Å². The number of rotatable bonds is 3. The van der Waals surface area contributed by atoms with Crippen LogP contribution in [0.2, 0.25) is 0 Å². The lowest BCUT2D eigenvalue weighted by Gasteiger charge is -2.22. The Morgan fingerprint density at radius 3 is 2.42 bits per heavy atom. The van der Waals surface area contributed by atoms with E-state index >= 15 is 0 Å². The average Bonchev–Trinajstić information content (AvgIpc) is 2.06. The molecule has 2 heteroatoms. The maximum absolute atomic E-state index is 9.94. The SMILES string of the molecule is CC(O)(CCS)c1ccccc1. The molecule has 66 valence electrons. The topological polar surface area (TPSA) is 20.2 Å². The minimum absolute atomic E-state index is 0.681. The van der Waals surface area contributed by atoms with Crippen molar-refractivity contribution in [3.05, 3.63) is 35.9 Å². The van der Waals surface area contributed by atoms with Gasteiger partial charge in [-0.3, -0.25) is 0 Å². The van der Waals surface area contributed by atoms with Crippen LogP contribution in [-0.2, 0) is 5.60 Å². The Morgan fingerprint density at radius 1 is 1.33 bits per heavy atom. The highest BCUT2D eigenvalue weighted by Gasteiger charge is 2.20. The van der Waals surface area contributed by atoms with Gasteiger partial charge in [-0.25, -0.2) is 0 Å². The molecule has 0 radical (unpaired) electrons. The van der Waals surface area contributed by atoms with Crippen molar-refractivity contribution >= 4 is 12.6 Å². The van der Waals surface area contributed by atoms with Crippen molar-refractivity contribution in [2.45, 2.75) is 18.9 Å². The summed E-state index contributed by atoms with van der Waals surface area (Å²) >= 11 is 4.10. The lowest BCUT2D eigenvalue weighted by molar-refractivity contribution is 0.0545. The zero-order valence-electron chi connectivity index (χ0n) is 7.20. The Kier molecular flexibility index (Phi) is 3.18. The molecule has 1 N–H and O–H groups in total. The van der Waals surface area contributed by atoms with Crippen molar-refractivity contribution in [1.29, 1.82) is 0 Å². The van der Waals surface area contributed by atoms with Crippen molar-refractivity contribution in [2.24, 2.45) is 0 Å². The number of hydrogen-bond acceptors (Lipinski definition) is 2. The third-order valence-electron chi connectivity index (χ3n) is 1.99. The second kappa shape index (κ2) is 3.97. The van der Waals surface area contributed by atoms with Crippen LogP contribution in [0.5, 0.6) is 0 Å². The van der Waals surface area contributed by atoms with Gasteiger partial charge in [-0.1, -0.05) is 30.3 Å². The van der Waals surface area contributed by atoms with E-state index in [2.05, 4.69) is 12.6 Å². The van der Waals surface area contributed by atoms with Gasteiger partial charge < -0.3 is 5.11 Å². The molecule has 0 aliphatic carbocycles. The third-order valence-corrected chi connectivity index (χ3v) is 2.22. The Bertz CT molecular complexity index is 231. The molecule has 1 nitrogen and oxygen atoms in total. The van der Waals surface area contributed by atoms with Crippen molar-refractivity contribution in [2.75, 3.05) is 5.75 Å². The largest absolute Gasteiger partial charge is 0.385 e. The van der Waals surface area contributed by atoms with E-state index in [0.29, 0.717) is 12.2 Å². The maximum atomic E-state index is 9.94. The molecule has 0 bridgehead atoms. The summed E-state index contributed by atoms with van der Waals surface area (Å²) < 4.78 is 0. The van der Waals surface area contributed by atoms with Crippen LogP contribution < -0.4 is 0 Å². The zero-order valence-corrected chi connectivity index (χ0v) is 8.09. The molecule has 0 saturated carbocycles. The lowest BCUT2D eigenvalue weighted by atomic mass is 9.94. The predicted molar refractivity (Wildman–Crippen MR) is 54.5 cm³/mol. The Hall–Kier alpha value is -0.470. The molecule has 1 unspecified atom stereocenters. The quantitative estimate of drug-likeness (QED) is 0.687. The van der Waals surface area contributed by atoms with Gasteiger partial charge in [-0.05, 0) is 24.7 Å². The van der Waals surface area contributed by atoms with E-state index in [1.807, 2.05) is 37.3 Å². The monoisotopic (exact) mass is 182 g/mol. The van der Waals surface area contributed by atoms with Crippen LogP contribution in [0, 0.1) is 0 Å². The normalized spacial score (nSPS) is 15.6. The van der Waals surface area contributed by atoms with E-state index in [1.54, 1.807) is 0 Å². The molecule has 0 saturated heterocycles. The molecule has 0 aromatic heterocycles. The summed E-state index contributed by atoms with van der Waals surface area (Å²) in [6.45, 7) is 1.82. The molecule has 1 rings (SSSR count). The molecule has 12 heavy (non-hydrogen) atoms. The Morgan fingerprint density at radius 2 is 1.92 bits per heavy atom. The summed E-state index contributed by atoms with van der Waals surface area (Å²) in [6.07, 6.45) is 0.681. The summed E-state index contributed by atoms with van der Waals surface area (Å²) in [6, 6.07) is 9.68. The van der Waals surface area contributed by atoms with Crippen LogP contribution in [0.3, 0.4) is 0 Å². The fourth-order valence-corrected chi connectivity index (χ4v) is 1.59. The third kappa shape index (κ3) is 2.26. The van der Waals surface area contributed by atoms with Gasteiger partial charge in [0.1, 0.15) is 0 Å². The van der Waals surface area contributed by atoms with Crippen molar-refractivity contribution < 1.29 is 5.11 Å². The molecular formula is C10H14OS. The molecule has 1 atom stereocenters. The first-order valence-corrected chi connectivity index (χ1v) is 4.69. The highest BCUT2D eigenvalue weighted by molar-refractivity contribution is 7.80. The minimum Gasteiger partial charge on any atom is -0.385 e. The van der Waals surface area contributed by atoms with E-state index in [9.17, 15) is 5.11 Å². The first kappa shape index (κ1) is 9.62. The summed E-state index contributed by atoms with van der Waals surface area (Å²) in [5.74, 6) is 0.696. The Balaban J connectivity index is 2.82. The highest BCUT2D eigenvalue weighted by Crippen LogP contribution is 2.23. The summed E-state index contributed by atoms with van der Waals surface area (Å²) in [7, 11) is 0. The number of aliphatic hydroxyl groups is 1. The van der Waals surface area contributed by atoms with Gasteiger partial charge in [0, 0.05) is 0 Å². The van der Waals surface area contributed by atoms with Gasteiger partial charge in [0.2, 0.25) is 0 Å². The van der Waals surface area contributed by atoms with Crippen LogP contribution in [-0.4, -0.2) is 10.9 Å². The molecule has 0 aliphatic heterocycles. The van der Waals surface area contributed by atoms with E-state index in [4.69, 9.17) is 0 Å². The summed E-state index contributed by atoms with van der Waals surface area (Å²) in [5.41, 5.74) is 0.224. The van der Waals surface area contributed by atoms with Crippen molar-refractivity contribution in [3.63, 3.8) is 0 Å². The van der Waals surface area contributed by atoms with Crippen LogP contribution in [0.4, 0.5) is 0 Å². The molecule has 1 aromatic carbocycles. The molecular weight excluding hydrogens is 168 g/mol. The van der Waals surface area contributed by atoms with E-state index in [1.165, 1.54) is 0 Å². The average molecular weight is 182 g/mol. The van der Waals surface area contributed by atoms with Gasteiger partial charge in [-0.2, -0.15) is 12.6 Å². The molecule has 0 heterocycles. The molecule has 0 amide bonds. The zero-order chi connectivity index (χ0) is 9.03. The van der Waals surface area contributed by atoms with E-state index < -0.39 is 5.60 Å². The number of hydrogen-bond donors (Lipinski definition) is 2. The minimum atomic E-state index is -0.733. The molecule has 0 fully saturated rings. The van der Waals surface area contributed by atoms with Gasteiger partial charge in [0.15, 0.2) is 0 Å².